The molecule has 104 valence electrons. The lowest BCUT2D eigenvalue weighted by Crippen LogP contribution is -2.08. The van der Waals surface area contributed by atoms with Crippen LogP contribution in [0.3, 0.4) is 0 Å². The molecule has 2 heteroatoms. The molecule has 0 aliphatic heterocycles. The van der Waals surface area contributed by atoms with Gasteiger partial charge in [-0.1, -0.05) is 38.1 Å². The molecule has 0 aliphatic rings. The summed E-state index contributed by atoms with van der Waals surface area (Å²) in [4.78, 5) is 6.60. The van der Waals surface area contributed by atoms with Gasteiger partial charge in [-0.2, -0.15) is 0 Å². The first-order chi connectivity index (χ1) is 9.56. The summed E-state index contributed by atoms with van der Waals surface area (Å²) in [5.41, 5.74) is 4.65. The maximum Gasteiger partial charge on any atom is 0.0630 e. The monoisotopic (exact) mass is 266 g/mol. The molecule has 0 unspecified atom stereocenters. The van der Waals surface area contributed by atoms with Crippen molar-refractivity contribution in [2.75, 3.05) is 19.0 Å². The Morgan fingerprint density at radius 3 is 2.00 bits per heavy atom. The molecule has 0 aromatic heterocycles. The van der Waals surface area contributed by atoms with Gasteiger partial charge in [0.2, 0.25) is 0 Å². The van der Waals surface area contributed by atoms with Crippen LogP contribution in [0.1, 0.15) is 30.9 Å². The van der Waals surface area contributed by atoms with Crippen molar-refractivity contribution in [1.29, 1.82) is 0 Å². The van der Waals surface area contributed by atoms with Gasteiger partial charge < -0.3 is 4.90 Å². The topological polar surface area (TPSA) is 15.6 Å². The van der Waals surface area contributed by atoms with Gasteiger partial charge in [-0.3, -0.25) is 4.99 Å². The second kappa shape index (κ2) is 6.38. The van der Waals surface area contributed by atoms with Gasteiger partial charge in [0.25, 0.3) is 0 Å². The fourth-order valence-corrected chi connectivity index (χ4v) is 1.95. The second-order valence-electron chi connectivity index (χ2n) is 5.49. The Hall–Kier alpha value is -2.09. The Bertz CT molecular complexity index is 510. The number of rotatable bonds is 4. The molecule has 2 aromatic rings. The van der Waals surface area contributed by atoms with E-state index >= 15 is 0 Å². The molecule has 0 amide bonds. The van der Waals surface area contributed by atoms with Crippen molar-refractivity contribution in [1.82, 2.24) is 0 Å². The van der Waals surface area contributed by atoms with Crippen LogP contribution in [0, 0.1) is 0 Å². The van der Waals surface area contributed by atoms with Gasteiger partial charge in [0.1, 0.15) is 0 Å². The van der Waals surface area contributed by atoms with Gasteiger partial charge in [-0.25, -0.2) is 0 Å². The fourth-order valence-electron chi connectivity index (χ4n) is 1.95. The summed E-state index contributed by atoms with van der Waals surface area (Å²) in [6.45, 7) is 4.40. The van der Waals surface area contributed by atoms with Crippen LogP contribution in [-0.2, 0) is 0 Å². The average molecular weight is 266 g/mol. The third kappa shape index (κ3) is 3.70. The van der Waals surface area contributed by atoms with E-state index in [1.807, 2.05) is 20.3 Å². The minimum atomic E-state index is 0.562. The van der Waals surface area contributed by atoms with E-state index in [4.69, 9.17) is 0 Å². The van der Waals surface area contributed by atoms with Gasteiger partial charge in [0, 0.05) is 26.0 Å². The summed E-state index contributed by atoms with van der Waals surface area (Å²) in [6.07, 6.45) is 1.91. The highest BCUT2D eigenvalue weighted by molar-refractivity contribution is 5.82. The van der Waals surface area contributed by atoms with E-state index < -0.39 is 0 Å². The lowest BCUT2D eigenvalue weighted by Gasteiger charge is -2.11. The molecule has 2 rings (SSSR count). The van der Waals surface area contributed by atoms with Gasteiger partial charge in [0.15, 0.2) is 0 Å². The SMILES string of the molecule is CC(C)c1ccc(N=Cc2ccc(N(C)C)cc2)cc1. The fraction of sp³-hybridized carbons (Fsp3) is 0.278. The highest BCUT2D eigenvalue weighted by atomic mass is 15.1. The molecule has 20 heavy (non-hydrogen) atoms. The molecular weight excluding hydrogens is 244 g/mol. The molecule has 2 nitrogen and oxygen atoms in total. The summed E-state index contributed by atoms with van der Waals surface area (Å²) in [7, 11) is 4.08. The highest BCUT2D eigenvalue weighted by Crippen LogP contribution is 2.19. The Labute approximate surface area is 121 Å². The lowest BCUT2D eigenvalue weighted by atomic mass is 10.0. The van der Waals surface area contributed by atoms with E-state index in [2.05, 4.69) is 72.3 Å². The minimum Gasteiger partial charge on any atom is -0.378 e. The van der Waals surface area contributed by atoms with Crippen molar-refractivity contribution in [3.63, 3.8) is 0 Å². The summed E-state index contributed by atoms with van der Waals surface area (Å²) >= 11 is 0. The van der Waals surface area contributed by atoms with Crippen LogP contribution in [0.25, 0.3) is 0 Å². The normalized spacial score (nSPS) is 11.2. The van der Waals surface area contributed by atoms with Crippen LogP contribution in [0.2, 0.25) is 0 Å². The number of benzene rings is 2. The maximum absolute atomic E-state index is 4.51. The number of hydrogen-bond acceptors (Lipinski definition) is 2. The van der Waals surface area contributed by atoms with Crippen LogP contribution in [0.5, 0.6) is 0 Å². The summed E-state index contributed by atoms with van der Waals surface area (Å²) in [6, 6.07) is 16.8. The zero-order valence-electron chi connectivity index (χ0n) is 12.7. The van der Waals surface area contributed by atoms with Crippen LogP contribution < -0.4 is 4.90 Å². The molecule has 0 N–H and O–H groups in total. The van der Waals surface area contributed by atoms with Crippen molar-refractivity contribution in [3.8, 4) is 0 Å². The van der Waals surface area contributed by atoms with E-state index in [0.717, 1.165) is 11.3 Å². The molecule has 0 spiro atoms. The minimum absolute atomic E-state index is 0.562. The van der Waals surface area contributed by atoms with E-state index in [1.165, 1.54) is 11.3 Å². The quantitative estimate of drug-likeness (QED) is 0.737. The number of hydrogen-bond donors (Lipinski definition) is 0. The van der Waals surface area contributed by atoms with Crippen LogP contribution in [0.4, 0.5) is 11.4 Å². The zero-order valence-corrected chi connectivity index (χ0v) is 12.7. The van der Waals surface area contributed by atoms with Gasteiger partial charge in [0.05, 0.1) is 5.69 Å². The molecule has 0 aliphatic carbocycles. The smallest absolute Gasteiger partial charge is 0.0630 e. The number of nitrogens with zero attached hydrogens (tertiary/aromatic N) is 2. The van der Waals surface area contributed by atoms with Crippen LogP contribution in [0.15, 0.2) is 53.5 Å². The van der Waals surface area contributed by atoms with Gasteiger partial charge in [-0.15, -0.1) is 0 Å². The summed E-state index contributed by atoms with van der Waals surface area (Å²) < 4.78 is 0. The Morgan fingerprint density at radius 1 is 0.900 bits per heavy atom. The third-order valence-electron chi connectivity index (χ3n) is 3.33. The van der Waals surface area contributed by atoms with Crippen molar-refractivity contribution < 1.29 is 0 Å². The number of anilines is 1. The molecular formula is C18H22N2. The molecule has 0 heterocycles. The standard InChI is InChI=1S/C18H22N2/c1-14(2)16-7-9-17(10-8-16)19-13-15-5-11-18(12-6-15)20(3)4/h5-14H,1-4H3. The van der Waals surface area contributed by atoms with Crippen molar-refractivity contribution in [2.45, 2.75) is 19.8 Å². The lowest BCUT2D eigenvalue weighted by molar-refractivity contribution is 0.867. The zero-order chi connectivity index (χ0) is 14.5. The molecule has 2 aromatic carbocycles. The molecule has 0 saturated heterocycles. The Morgan fingerprint density at radius 2 is 1.50 bits per heavy atom. The van der Waals surface area contributed by atoms with Gasteiger partial charge >= 0.3 is 0 Å². The number of aliphatic imine (C=N–C) groups is 1. The first-order valence-corrected chi connectivity index (χ1v) is 6.97. The average Bonchev–Trinajstić information content (AvgIpc) is 2.46. The van der Waals surface area contributed by atoms with E-state index in [0.29, 0.717) is 5.92 Å². The van der Waals surface area contributed by atoms with Crippen molar-refractivity contribution in [2.24, 2.45) is 4.99 Å². The van der Waals surface area contributed by atoms with Crippen molar-refractivity contribution >= 4 is 17.6 Å². The Kier molecular flexibility index (Phi) is 4.57. The molecule has 0 bridgehead atoms. The first kappa shape index (κ1) is 14.3. The predicted octanol–water partition coefficient (Wildman–Crippen LogP) is 4.63. The second-order valence-corrected chi connectivity index (χ2v) is 5.49. The predicted molar refractivity (Wildman–Crippen MR) is 88.6 cm³/mol. The maximum atomic E-state index is 4.51. The van der Waals surface area contributed by atoms with Crippen LogP contribution >= 0.6 is 0 Å². The van der Waals surface area contributed by atoms with E-state index in [1.54, 1.807) is 0 Å². The van der Waals surface area contributed by atoms with Crippen LogP contribution in [-0.4, -0.2) is 20.3 Å². The third-order valence-corrected chi connectivity index (χ3v) is 3.33. The van der Waals surface area contributed by atoms with Crippen molar-refractivity contribution in [3.05, 3.63) is 59.7 Å². The highest BCUT2D eigenvalue weighted by Gasteiger charge is 1.98. The van der Waals surface area contributed by atoms with Gasteiger partial charge in [-0.05, 0) is 41.3 Å². The molecule has 0 saturated carbocycles. The largest absolute Gasteiger partial charge is 0.378 e. The van der Waals surface area contributed by atoms with E-state index in [9.17, 15) is 0 Å². The molecule has 0 atom stereocenters. The van der Waals surface area contributed by atoms with E-state index in [-0.39, 0.29) is 0 Å². The Balaban J connectivity index is 2.08. The summed E-state index contributed by atoms with van der Waals surface area (Å²) in [5, 5.41) is 0. The molecule has 0 radical (unpaired) electrons. The summed E-state index contributed by atoms with van der Waals surface area (Å²) in [5.74, 6) is 0.562. The molecule has 0 fully saturated rings. The first-order valence-electron chi connectivity index (χ1n) is 6.97.